The van der Waals surface area contributed by atoms with Gasteiger partial charge in [-0.05, 0) is 31.2 Å². The number of anilines is 1. The van der Waals surface area contributed by atoms with Crippen LogP contribution in [0.3, 0.4) is 0 Å². The highest BCUT2D eigenvalue weighted by atomic mass is 32.2. The summed E-state index contributed by atoms with van der Waals surface area (Å²) in [5, 5.41) is 1.08. The molecule has 2 rings (SSSR count). The molecule has 1 aliphatic heterocycles. The van der Waals surface area contributed by atoms with Crippen LogP contribution < -0.4 is 10.6 Å². The van der Waals surface area contributed by atoms with Crippen LogP contribution in [0.15, 0.2) is 23.2 Å². The summed E-state index contributed by atoms with van der Waals surface area (Å²) in [6.45, 7) is 2.02. The predicted octanol–water partition coefficient (Wildman–Crippen LogP) is 1.73. The van der Waals surface area contributed by atoms with Crippen molar-refractivity contribution in [2.24, 2.45) is 5.73 Å². The molecular weight excluding hydrogens is 206 g/mol. The van der Waals surface area contributed by atoms with Crippen molar-refractivity contribution in [3.05, 3.63) is 18.2 Å². The lowest BCUT2D eigenvalue weighted by atomic mass is 10.1. The monoisotopic (exact) mass is 223 g/mol. The number of pyridine rings is 1. The summed E-state index contributed by atoms with van der Waals surface area (Å²) >= 11 is 1.68. The van der Waals surface area contributed by atoms with Gasteiger partial charge in [0.25, 0.3) is 0 Å². The van der Waals surface area contributed by atoms with Crippen molar-refractivity contribution >= 4 is 17.6 Å². The number of nitrogens with zero attached hydrogens (tertiary/aromatic N) is 2. The van der Waals surface area contributed by atoms with E-state index in [1.54, 1.807) is 11.8 Å². The van der Waals surface area contributed by atoms with Crippen LogP contribution in [0.2, 0.25) is 0 Å². The third-order valence-electron chi connectivity index (χ3n) is 2.70. The molecule has 1 atom stereocenters. The Morgan fingerprint density at radius 1 is 1.53 bits per heavy atom. The zero-order valence-electron chi connectivity index (χ0n) is 9.02. The van der Waals surface area contributed by atoms with Crippen molar-refractivity contribution in [1.29, 1.82) is 0 Å². The van der Waals surface area contributed by atoms with Crippen molar-refractivity contribution < 1.29 is 0 Å². The molecule has 0 aromatic carbocycles. The minimum atomic E-state index is 0.304. The molecule has 2 N–H and O–H groups in total. The number of rotatable bonds is 2. The topological polar surface area (TPSA) is 42.1 Å². The van der Waals surface area contributed by atoms with Crippen LogP contribution in [0.5, 0.6) is 0 Å². The molecule has 0 amide bonds. The maximum Gasteiger partial charge on any atom is 0.129 e. The van der Waals surface area contributed by atoms with Gasteiger partial charge in [-0.3, -0.25) is 0 Å². The summed E-state index contributed by atoms with van der Waals surface area (Å²) in [6.07, 6.45) is 4.36. The first-order chi connectivity index (χ1) is 7.29. The third-order valence-corrected chi connectivity index (χ3v) is 3.35. The molecule has 82 valence electrons. The molecule has 1 aliphatic rings. The molecule has 1 aromatic heterocycles. The van der Waals surface area contributed by atoms with Gasteiger partial charge in [-0.2, -0.15) is 0 Å². The van der Waals surface area contributed by atoms with Gasteiger partial charge in [0.15, 0.2) is 0 Å². The van der Waals surface area contributed by atoms with E-state index in [2.05, 4.69) is 22.0 Å². The average molecular weight is 223 g/mol. The quantitative estimate of drug-likeness (QED) is 0.775. The molecule has 4 heteroatoms. The number of hydrogen-bond donors (Lipinski definition) is 1. The van der Waals surface area contributed by atoms with Gasteiger partial charge in [0.1, 0.15) is 5.82 Å². The Labute approximate surface area is 95.1 Å². The van der Waals surface area contributed by atoms with E-state index in [0.717, 1.165) is 30.4 Å². The third kappa shape index (κ3) is 2.63. The molecule has 0 aliphatic carbocycles. The highest BCUT2D eigenvalue weighted by Gasteiger charge is 2.17. The number of hydrogen-bond acceptors (Lipinski definition) is 4. The van der Waals surface area contributed by atoms with Gasteiger partial charge in [0, 0.05) is 19.1 Å². The van der Waals surface area contributed by atoms with Gasteiger partial charge in [0.05, 0.1) is 5.03 Å². The molecule has 0 unspecified atom stereocenters. The first kappa shape index (κ1) is 10.8. The van der Waals surface area contributed by atoms with E-state index in [-0.39, 0.29) is 0 Å². The number of nitrogens with two attached hydrogens (primary N) is 1. The highest BCUT2D eigenvalue weighted by Crippen LogP contribution is 2.20. The molecule has 0 saturated carbocycles. The maximum absolute atomic E-state index is 5.96. The largest absolute Gasteiger partial charge is 0.355 e. The summed E-state index contributed by atoms with van der Waals surface area (Å²) in [6, 6.07) is 6.47. The lowest BCUT2D eigenvalue weighted by Crippen LogP contribution is -2.43. The van der Waals surface area contributed by atoms with Crippen LogP contribution in [0.1, 0.15) is 12.8 Å². The zero-order valence-corrected chi connectivity index (χ0v) is 9.83. The van der Waals surface area contributed by atoms with Crippen molar-refractivity contribution in [2.75, 3.05) is 24.2 Å². The zero-order chi connectivity index (χ0) is 10.7. The van der Waals surface area contributed by atoms with Crippen molar-refractivity contribution in [2.45, 2.75) is 23.9 Å². The minimum absolute atomic E-state index is 0.304. The van der Waals surface area contributed by atoms with E-state index in [1.165, 1.54) is 6.42 Å². The van der Waals surface area contributed by atoms with Crippen LogP contribution in [0.25, 0.3) is 0 Å². The fourth-order valence-electron chi connectivity index (χ4n) is 1.91. The molecule has 0 radical (unpaired) electrons. The fraction of sp³-hybridized carbons (Fsp3) is 0.545. The lowest BCUT2D eigenvalue weighted by Gasteiger charge is -2.31. The summed E-state index contributed by atoms with van der Waals surface area (Å²) in [7, 11) is 0. The number of piperidine rings is 1. The highest BCUT2D eigenvalue weighted by molar-refractivity contribution is 7.98. The molecule has 0 bridgehead atoms. The summed E-state index contributed by atoms with van der Waals surface area (Å²) in [5.74, 6) is 1.07. The Morgan fingerprint density at radius 2 is 2.40 bits per heavy atom. The number of thioether (sulfide) groups is 1. The standard InChI is InChI=1S/C11H17N3S/c1-15-11-6-2-5-10(13-11)14-7-3-4-9(12)8-14/h2,5-6,9H,3-4,7-8,12H2,1H3/t9-/m0/s1. The molecule has 1 fully saturated rings. The Balaban J connectivity index is 2.13. The van der Waals surface area contributed by atoms with Crippen LogP contribution in [0.4, 0.5) is 5.82 Å². The normalized spacial score (nSPS) is 21.7. The van der Waals surface area contributed by atoms with Crippen LogP contribution >= 0.6 is 11.8 Å². The average Bonchev–Trinajstić information content (AvgIpc) is 2.29. The van der Waals surface area contributed by atoms with E-state index >= 15 is 0 Å². The van der Waals surface area contributed by atoms with Gasteiger partial charge in [-0.1, -0.05) is 6.07 Å². The predicted molar refractivity (Wildman–Crippen MR) is 65.4 cm³/mol. The Hall–Kier alpha value is -0.740. The van der Waals surface area contributed by atoms with Gasteiger partial charge in [-0.15, -0.1) is 11.8 Å². The minimum Gasteiger partial charge on any atom is -0.355 e. The van der Waals surface area contributed by atoms with Crippen LogP contribution in [-0.4, -0.2) is 30.4 Å². The molecule has 1 aromatic rings. The van der Waals surface area contributed by atoms with E-state index in [4.69, 9.17) is 5.73 Å². The van der Waals surface area contributed by atoms with Gasteiger partial charge in [0.2, 0.25) is 0 Å². The van der Waals surface area contributed by atoms with E-state index in [1.807, 2.05) is 12.3 Å². The summed E-state index contributed by atoms with van der Waals surface area (Å²) < 4.78 is 0. The Kier molecular flexibility index (Phi) is 3.49. The van der Waals surface area contributed by atoms with Gasteiger partial charge in [-0.25, -0.2) is 4.98 Å². The van der Waals surface area contributed by atoms with Crippen molar-refractivity contribution in [3.8, 4) is 0 Å². The summed E-state index contributed by atoms with van der Waals surface area (Å²) in [4.78, 5) is 6.87. The molecule has 0 spiro atoms. The smallest absolute Gasteiger partial charge is 0.129 e. The second-order valence-corrected chi connectivity index (χ2v) is 4.71. The first-order valence-corrected chi connectivity index (χ1v) is 6.53. The molecule has 15 heavy (non-hydrogen) atoms. The Bertz CT molecular complexity index is 329. The second kappa shape index (κ2) is 4.86. The fourth-order valence-corrected chi connectivity index (χ4v) is 2.31. The second-order valence-electron chi connectivity index (χ2n) is 3.89. The molecular formula is C11H17N3S. The van der Waals surface area contributed by atoms with E-state index in [9.17, 15) is 0 Å². The summed E-state index contributed by atoms with van der Waals surface area (Å²) in [5.41, 5.74) is 5.96. The van der Waals surface area contributed by atoms with Crippen molar-refractivity contribution in [3.63, 3.8) is 0 Å². The van der Waals surface area contributed by atoms with E-state index in [0.29, 0.717) is 6.04 Å². The number of aromatic nitrogens is 1. The van der Waals surface area contributed by atoms with Crippen LogP contribution in [0, 0.1) is 0 Å². The molecule has 2 heterocycles. The Morgan fingerprint density at radius 3 is 3.13 bits per heavy atom. The maximum atomic E-state index is 5.96. The SMILES string of the molecule is CSc1cccc(N2CCC[C@H](N)C2)n1. The first-order valence-electron chi connectivity index (χ1n) is 5.31. The van der Waals surface area contributed by atoms with Crippen molar-refractivity contribution in [1.82, 2.24) is 4.98 Å². The van der Waals surface area contributed by atoms with Gasteiger partial charge < -0.3 is 10.6 Å². The van der Waals surface area contributed by atoms with Crippen LogP contribution in [-0.2, 0) is 0 Å². The molecule has 3 nitrogen and oxygen atoms in total. The molecule has 1 saturated heterocycles. The van der Waals surface area contributed by atoms with E-state index < -0.39 is 0 Å². The van der Waals surface area contributed by atoms with Gasteiger partial charge >= 0.3 is 0 Å². The lowest BCUT2D eigenvalue weighted by molar-refractivity contribution is 0.502.